The molecule has 0 heterocycles. The van der Waals surface area contributed by atoms with Crippen molar-refractivity contribution in [3.8, 4) is 5.75 Å². The molecule has 0 aliphatic carbocycles. The molecule has 0 aliphatic rings. The zero-order chi connectivity index (χ0) is 14.3. The molecule has 2 N–H and O–H groups in total. The summed E-state index contributed by atoms with van der Waals surface area (Å²) in [4.78, 5) is 0. The minimum atomic E-state index is -1.45. The minimum absolute atomic E-state index is 0.0304. The Balaban J connectivity index is 2.91. The van der Waals surface area contributed by atoms with E-state index in [1.54, 1.807) is 25.3 Å². The molecule has 0 saturated carbocycles. The van der Waals surface area contributed by atoms with Crippen LogP contribution < -0.4 is 10.5 Å². The van der Waals surface area contributed by atoms with E-state index in [0.29, 0.717) is 30.2 Å². The van der Waals surface area contributed by atoms with Gasteiger partial charge in [-0.25, -0.2) is 4.39 Å². The first-order chi connectivity index (χ1) is 9.04. The lowest BCUT2D eigenvalue weighted by Crippen LogP contribution is -2.32. The molecule has 1 unspecified atom stereocenters. The van der Waals surface area contributed by atoms with E-state index in [-0.39, 0.29) is 13.0 Å². The largest absolute Gasteiger partial charge is 0.496 e. The van der Waals surface area contributed by atoms with Crippen LogP contribution in [0, 0.1) is 0 Å². The van der Waals surface area contributed by atoms with Crippen molar-refractivity contribution in [2.45, 2.75) is 24.9 Å². The molecule has 0 aromatic heterocycles. The van der Waals surface area contributed by atoms with Gasteiger partial charge >= 0.3 is 0 Å². The van der Waals surface area contributed by atoms with Crippen molar-refractivity contribution in [1.82, 2.24) is 0 Å². The Hall–Kier alpha value is -0.840. The summed E-state index contributed by atoms with van der Waals surface area (Å²) in [6.07, 6.45) is 1.17. The molecule has 0 spiro atoms. The summed E-state index contributed by atoms with van der Waals surface area (Å²) in [6, 6.07) is 5.20. The number of rotatable bonds is 8. The van der Waals surface area contributed by atoms with Crippen molar-refractivity contribution < 1.29 is 13.9 Å². The van der Waals surface area contributed by atoms with Crippen LogP contribution in [-0.4, -0.2) is 33.0 Å². The van der Waals surface area contributed by atoms with Gasteiger partial charge in [-0.2, -0.15) is 0 Å². The molecular weight excluding hydrogens is 269 g/mol. The van der Waals surface area contributed by atoms with Gasteiger partial charge in [-0.3, -0.25) is 0 Å². The summed E-state index contributed by atoms with van der Waals surface area (Å²) >= 11 is 5.95. The highest BCUT2D eigenvalue weighted by Crippen LogP contribution is 2.30. The number of hydrogen-bond acceptors (Lipinski definition) is 3. The first-order valence-electron chi connectivity index (χ1n) is 6.25. The van der Waals surface area contributed by atoms with Gasteiger partial charge in [-0.15, -0.1) is 0 Å². The lowest BCUT2D eigenvalue weighted by atomic mass is 9.92. The first kappa shape index (κ1) is 16.2. The molecule has 0 fully saturated rings. The van der Waals surface area contributed by atoms with E-state index in [2.05, 4.69) is 0 Å². The molecule has 1 aromatic carbocycles. The molecule has 19 heavy (non-hydrogen) atoms. The molecule has 5 heteroatoms. The average molecular weight is 290 g/mol. The maximum atomic E-state index is 14.8. The van der Waals surface area contributed by atoms with Gasteiger partial charge in [0, 0.05) is 18.6 Å². The second-order valence-corrected chi connectivity index (χ2v) is 5.05. The van der Waals surface area contributed by atoms with Crippen LogP contribution in [-0.2, 0) is 11.2 Å². The van der Waals surface area contributed by atoms with Gasteiger partial charge < -0.3 is 15.2 Å². The Bertz CT molecular complexity index is 403. The van der Waals surface area contributed by atoms with Crippen LogP contribution in [0.1, 0.15) is 18.4 Å². The topological polar surface area (TPSA) is 44.5 Å². The van der Waals surface area contributed by atoms with E-state index in [1.165, 1.54) is 7.11 Å². The highest BCUT2D eigenvalue weighted by Gasteiger charge is 2.30. The fourth-order valence-electron chi connectivity index (χ4n) is 2.12. The Morgan fingerprint density at radius 2 is 2.11 bits per heavy atom. The van der Waals surface area contributed by atoms with E-state index in [1.807, 2.05) is 0 Å². The standard InChI is InChI=1S/C14H21ClFNO2/c1-18-10-14(16,6-3-7-17)9-11-8-12(15)4-5-13(11)19-2/h4-5,8H,3,6-7,9-10,17H2,1-2H3. The summed E-state index contributed by atoms with van der Waals surface area (Å²) in [6.45, 7) is 0.491. The SMILES string of the molecule is COCC(F)(CCCN)Cc1cc(Cl)ccc1OC. The van der Waals surface area contributed by atoms with Gasteiger partial charge in [0.2, 0.25) is 0 Å². The number of nitrogens with two attached hydrogens (primary N) is 1. The van der Waals surface area contributed by atoms with Crippen LogP contribution in [0.15, 0.2) is 18.2 Å². The second kappa shape index (κ2) is 7.68. The number of methoxy groups -OCH3 is 2. The summed E-state index contributed by atoms with van der Waals surface area (Å²) in [7, 11) is 3.05. The highest BCUT2D eigenvalue weighted by atomic mass is 35.5. The summed E-state index contributed by atoms with van der Waals surface area (Å²) in [5.41, 5.74) is 4.74. The van der Waals surface area contributed by atoms with Crippen molar-refractivity contribution in [1.29, 1.82) is 0 Å². The van der Waals surface area contributed by atoms with E-state index >= 15 is 0 Å². The predicted octanol–water partition coefficient (Wildman–Crippen LogP) is 2.98. The minimum Gasteiger partial charge on any atom is -0.496 e. The maximum Gasteiger partial charge on any atom is 0.138 e. The number of hydrogen-bond donors (Lipinski definition) is 1. The quantitative estimate of drug-likeness (QED) is 0.800. The van der Waals surface area contributed by atoms with Crippen LogP contribution in [0.5, 0.6) is 5.75 Å². The molecule has 0 saturated heterocycles. The van der Waals surface area contributed by atoms with Crippen molar-refractivity contribution in [3.63, 3.8) is 0 Å². The smallest absolute Gasteiger partial charge is 0.138 e. The third-order valence-corrected chi connectivity index (χ3v) is 3.22. The van der Waals surface area contributed by atoms with Gasteiger partial charge in [-0.1, -0.05) is 11.6 Å². The number of ether oxygens (including phenoxy) is 2. The van der Waals surface area contributed by atoms with Crippen LogP contribution in [0.25, 0.3) is 0 Å². The second-order valence-electron chi connectivity index (χ2n) is 4.61. The molecule has 1 atom stereocenters. The summed E-state index contributed by atoms with van der Waals surface area (Å²) in [5, 5.41) is 0.564. The zero-order valence-corrected chi connectivity index (χ0v) is 12.2. The number of alkyl halides is 1. The van der Waals surface area contributed by atoms with Crippen molar-refractivity contribution in [3.05, 3.63) is 28.8 Å². The van der Waals surface area contributed by atoms with Gasteiger partial charge in [0.25, 0.3) is 0 Å². The molecule has 0 aliphatic heterocycles. The third kappa shape index (κ3) is 4.97. The van der Waals surface area contributed by atoms with Crippen LogP contribution in [0.2, 0.25) is 5.02 Å². The fourth-order valence-corrected chi connectivity index (χ4v) is 2.31. The van der Waals surface area contributed by atoms with E-state index in [4.69, 9.17) is 26.8 Å². The predicted molar refractivity (Wildman–Crippen MR) is 75.7 cm³/mol. The molecule has 0 bridgehead atoms. The molecule has 0 radical (unpaired) electrons. The molecule has 1 rings (SSSR count). The van der Waals surface area contributed by atoms with E-state index < -0.39 is 5.67 Å². The van der Waals surface area contributed by atoms with E-state index in [9.17, 15) is 4.39 Å². The normalized spacial score (nSPS) is 14.2. The number of benzene rings is 1. The molecular formula is C14H21ClFNO2. The lowest BCUT2D eigenvalue weighted by molar-refractivity contribution is 0.0330. The van der Waals surface area contributed by atoms with Crippen molar-refractivity contribution in [2.75, 3.05) is 27.4 Å². The molecule has 3 nitrogen and oxygen atoms in total. The Kier molecular flexibility index (Phi) is 6.55. The van der Waals surface area contributed by atoms with E-state index in [0.717, 1.165) is 5.56 Å². The molecule has 0 amide bonds. The van der Waals surface area contributed by atoms with Crippen LogP contribution >= 0.6 is 11.6 Å². The Morgan fingerprint density at radius 1 is 1.37 bits per heavy atom. The van der Waals surface area contributed by atoms with Gasteiger partial charge in [0.15, 0.2) is 0 Å². The maximum absolute atomic E-state index is 14.8. The lowest BCUT2D eigenvalue weighted by Gasteiger charge is -2.25. The van der Waals surface area contributed by atoms with Crippen molar-refractivity contribution >= 4 is 11.6 Å². The summed E-state index contributed by atoms with van der Waals surface area (Å²) in [5.74, 6) is 0.635. The fraction of sp³-hybridized carbons (Fsp3) is 0.571. The number of halogens is 2. The average Bonchev–Trinajstić information content (AvgIpc) is 2.37. The van der Waals surface area contributed by atoms with Crippen LogP contribution in [0.3, 0.4) is 0 Å². The Morgan fingerprint density at radius 3 is 2.68 bits per heavy atom. The molecule has 108 valence electrons. The van der Waals surface area contributed by atoms with Gasteiger partial charge in [-0.05, 0) is 43.1 Å². The van der Waals surface area contributed by atoms with Crippen molar-refractivity contribution in [2.24, 2.45) is 5.73 Å². The highest BCUT2D eigenvalue weighted by molar-refractivity contribution is 6.30. The molecule has 1 aromatic rings. The third-order valence-electron chi connectivity index (χ3n) is 2.98. The summed E-state index contributed by atoms with van der Waals surface area (Å²) < 4.78 is 25.1. The Labute approximate surface area is 118 Å². The monoisotopic (exact) mass is 289 g/mol. The van der Waals surface area contributed by atoms with Gasteiger partial charge in [0.05, 0.1) is 13.7 Å². The first-order valence-corrected chi connectivity index (χ1v) is 6.63. The van der Waals surface area contributed by atoms with Crippen LogP contribution in [0.4, 0.5) is 4.39 Å². The van der Waals surface area contributed by atoms with Gasteiger partial charge in [0.1, 0.15) is 11.4 Å². The zero-order valence-electron chi connectivity index (χ0n) is 11.4.